The zero-order chi connectivity index (χ0) is 10.4. The Morgan fingerprint density at radius 3 is 1.85 bits per heavy atom. The lowest BCUT2D eigenvalue weighted by Crippen LogP contribution is -2.29. The Bertz CT molecular complexity index is 305. The van der Waals surface area contributed by atoms with Crippen molar-refractivity contribution in [1.29, 1.82) is 0 Å². The van der Waals surface area contributed by atoms with Crippen LogP contribution >= 0.6 is 34.8 Å². The second-order valence-corrected chi connectivity index (χ2v) is 3.48. The highest BCUT2D eigenvalue weighted by Gasteiger charge is 2.50. The fourth-order valence-electron chi connectivity index (χ4n) is 0.702. The van der Waals surface area contributed by atoms with Gasteiger partial charge in [0.1, 0.15) is 10.1 Å². The number of alkyl halides is 4. The minimum atomic E-state index is -3.82. The zero-order valence-electron chi connectivity index (χ0n) is 5.72. The molecule has 0 fully saturated rings. The summed E-state index contributed by atoms with van der Waals surface area (Å²) in [6.45, 7) is 0. The number of allylic oxidation sites excluding steroid dienone is 4. The third kappa shape index (κ3) is 1.67. The number of hydrogen-bond donors (Lipinski definition) is 0. The van der Waals surface area contributed by atoms with E-state index in [1.54, 1.807) is 0 Å². The second-order valence-electron chi connectivity index (χ2n) is 2.32. The molecule has 1 aliphatic rings. The normalized spacial score (nSPS) is 25.9. The van der Waals surface area contributed by atoms with E-state index < -0.39 is 26.9 Å². The van der Waals surface area contributed by atoms with Gasteiger partial charge in [0, 0.05) is 6.08 Å². The summed E-state index contributed by atoms with van der Waals surface area (Å²) >= 11 is 14.8. The first-order chi connectivity index (χ1) is 5.69. The van der Waals surface area contributed by atoms with Gasteiger partial charge in [-0.2, -0.15) is 17.6 Å². The highest BCUT2D eigenvalue weighted by Crippen LogP contribution is 2.49. The van der Waals surface area contributed by atoms with Gasteiger partial charge in [-0.15, -0.1) is 0 Å². The molecule has 0 bridgehead atoms. The number of rotatable bonds is 0. The summed E-state index contributed by atoms with van der Waals surface area (Å²) in [6.07, 6.45) is -0.122. The van der Waals surface area contributed by atoms with Crippen LogP contribution in [-0.4, -0.2) is 11.8 Å². The summed E-state index contributed by atoms with van der Waals surface area (Å²) in [5.41, 5.74) is 0. The van der Waals surface area contributed by atoms with E-state index >= 15 is 0 Å². The van der Waals surface area contributed by atoms with Gasteiger partial charge in [0.15, 0.2) is 0 Å². The molecule has 0 heterocycles. The van der Waals surface area contributed by atoms with Crippen LogP contribution in [0.1, 0.15) is 0 Å². The minimum absolute atomic E-state index is 0.122. The fourth-order valence-corrected chi connectivity index (χ4v) is 1.38. The Morgan fingerprint density at radius 1 is 0.923 bits per heavy atom. The van der Waals surface area contributed by atoms with Crippen LogP contribution in [0.3, 0.4) is 0 Å². The summed E-state index contributed by atoms with van der Waals surface area (Å²) in [4.78, 5) is 0. The van der Waals surface area contributed by atoms with E-state index in [0.29, 0.717) is 0 Å². The van der Waals surface area contributed by atoms with E-state index in [2.05, 4.69) is 0 Å². The Morgan fingerprint density at radius 2 is 1.38 bits per heavy atom. The molecule has 0 aromatic rings. The predicted octanol–water partition coefficient (Wildman–Crippen LogP) is 4.08. The summed E-state index contributed by atoms with van der Waals surface area (Å²) in [5.74, 6) is -7.54. The lowest BCUT2D eigenvalue weighted by Gasteiger charge is -2.24. The molecular formula is C6HCl3F4. The molecule has 1 aliphatic carbocycles. The Balaban J connectivity index is 3.30. The van der Waals surface area contributed by atoms with Crippen LogP contribution < -0.4 is 0 Å². The van der Waals surface area contributed by atoms with Gasteiger partial charge in [-0.05, 0) is 0 Å². The molecule has 0 N–H and O–H groups in total. The van der Waals surface area contributed by atoms with Crippen molar-refractivity contribution in [2.75, 3.05) is 0 Å². The lowest BCUT2D eigenvalue weighted by atomic mass is 10.1. The first-order valence-electron chi connectivity index (χ1n) is 2.90. The molecule has 0 aromatic carbocycles. The third-order valence-corrected chi connectivity index (χ3v) is 2.68. The maximum Gasteiger partial charge on any atom is 0.320 e. The molecule has 0 nitrogen and oxygen atoms in total. The molecule has 0 spiro atoms. The maximum absolute atomic E-state index is 12.8. The summed E-state index contributed by atoms with van der Waals surface area (Å²) in [5, 5.41) is -4.16. The SMILES string of the molecule is FC1(F)C=C(Cl)C(F)(F)C(Cl)=C1Cl. The van der Waals surface area contributed by atoms with Crippen molar-refractivity contribution in [3.63, 3.8) is 0 Å². The van der Waals surface area contributed by atoms with Gasteiger partial charge in [-0.3, -0.25) is 0 Å². The van der Waals surface area contributed by atoms with Crippen molar-refractivity contribution in [3.05, 3.63) is 21.2 Å². The molecule has 7 heteroatoms. The molecule has 13 heavy (non-hydrogen) atoms. The predicted molar refractivity (Wildman–Crippen MR) is 42.6 cm³/mol. The zero-order valence-corrected chi connectivity index (χ0v) is 7.99. The quantitative estimate of drug-likeness (QED) is 0.572. The molecule has 0 unspecified atom stereocenters. The van der Waals surface area contributed by atoms with Gasteiger partial charge in [0.05, 0.1) is 5.03 Å². The van der Waals surface area contributed by atoms with Crippen molar-refractivity contribution in [2.24, 2.45) is 0 Å². The van der Waals surface area contributed by atoms with Gasteiger partial charge in [0.25, 0.3) is 0 Å². The number of hydrogen-bond acceptors (Lipinski definition) is 0. The summed E-state index contributed by atoms with van der Waals surface area (Å²) in [7, 11) is 0. The van der Waals surface area contributed by atoms with E-state index in [0.717, 1.165) is 0 Å². The first kappa shape index (κ1) is 11.1. The molecule has 0 aliphatic heterocycles. The molecule has 1 rings (SSSR count). The molecule has 74 valence electrons. The topological polar surface area (TPSA) is 0 Å². The van der Waals surface area contributed by atoms with Crippen molar-refractivity contribution in [1.82, 2.24) is 0 Å². The summed E-state index contributed by atoms with van der Waals surface area (Å²) < 4.78 is 50.9. The highest BCUT2D eigenvalue weighted by molar-refractivity contribution is 6.42. The Kier molecular flexibility index (Phi) is 2.60. The molecule has 0 radical (unpaired) electrons. The molecule has 0 amide bonds. The standard InChI is InChI=1S/C6HCl3F4/c7-2-1-5(10,11)3(8)4(9)6(2,12)13/h1H. The van der Waals surface area contributed by atoms with E-state index in [1.165, 1.54) is 0 Å². The largest absolute Gasteiger partial charge is 0.320 e. The Labute approximate surface area is 85.8 Å². The van der Waals surface area contributed by atoms with Crippen molar-refractivity contribution in [2.45, 2.75) is 11.8 Å². The monoisotopic (exact) mass is 254 g/mol. The average molecular weight is 255 g/mol. The van der Waals surface area contributed by atoms with Crippen LogP contribution in [0.4, 0.5) is 17.6 Å². The smallest absolute Gasteiger partial charge is 0.195 e. The van der Waals surface area contributed by atoms with E-state index in [9.17, 15) is 17.6 Å². The molecule has 0 saturated heterocycles. The van der Waals surface area contributed by atoms with Crippen LogP contribution in [0.2, 0.25) is 0 Å². The lowest BCUT2D eigenvalue weighted by molar-refractivity contribution is 0.0600. The van der Waals surface area contributed by atoms with Gasteiger partial charge in [0.2, 0.25) is 0 Å². The Hall–Kier alpha value is 0.0700. The van der Waals surface area contributed by atoms with Crippen molar-refractivity contribution in [3.8, 4) is 0 Å². The fraction of sp³-hybridized carbons (Fsp3) is 0.333. The van der Waals surface area contributed by atoms with Crippen LogP contribution in [0.25, 0.3) is 0 Å². The minimum Gasteiger partial charge on any atom is -0.195 e. The first-order valence-corrected chi connectivity index (χ1v) is 4.03. The maximum atomic E-state index is 12.8. The molecule has 0 saturated carbocycles. The van der Waals surface area contributed by atoms with Crippen molar-refractivity contribution < 1.29 is 17.6 Å². The van der Waals surface area contributed by atoms with Crippen molar-refractivity contribution >= 4 is 34.8 Å². The number of halogens is 7. The molecular weight excluding hydrogens is 254 g/mol. The van der Waals surface area contributed by atoms with Gasteiger partial charge in [-0.1, -0.05) is 34.8 Å². The third-order valence-electron chi connectivity index (χ3n) is 1.37. The van der Waals surface area contributed by atoms with Gasteiger partial charge >= 0.3 is 11.8 Å². The summed E-state index contributed by atoms with van der Waals surface area (Å²) in [6, 6.07) is 0. The van der Waals surface area contributed by atoms with E-state index in [1.807, 2.05) is 0 Å². The highest BCUT2D eigenvalue weighted by atomic mass is 35.5. The van der Waals surface area contributed by atoms with E-state index in [4.69, 9.17) is 34.8 Å². The van der Waals surface area contributed by atoms with Crippen LogP contribution in [0, 0.1) is 0 Å². The van der Waals surface area contributed by atoms with Crippen LogP contribution in [0.5, 0.6) is 0 Å². The molecule has 0 atom stereocenters. The van der Waals surface area contributed by atoms with Crippen LogP contribution in [-0.2, 0) is 0 Å². The molecule has 0 aromatic heterocycles. The second kappa shape index (κ2) is 3.04. The van der Waals surface area contributed by atoms with Gasteiger partial charge in [-0.25, -0.2) is 0 Å². The van der Waals surface area contributed by atoms with Gasteiger partial charge < -0.3 is 0 Å². The average Bonchev–Trinajstić information content (AvgIpc) is 1.98. The van der Waals surface area contributed by atoms with E-state index in [-0.39, 0.29) is 6.08 Å². The van der Waals surface area contributed by atoms with Crippen LogP contribution in [0.15, 0.2) is 21.2 Å².